The Morgan fingerprint density at radius 2 is 1.45 bits per heavy atom. The minimum Gasteiger partial charge on any atom is -0.397 e. The Morgan fingerprint density at radius 3 is 2.29 bits per heavy atom. The van der Waals surface area contributed by atoms with Gasteiger partial charge in [-0.05, 0) is 30.7 Å². The molecule has 0 amide bonds. The Balaban J connectivity index is 1.63. The molecule has 0 aliphatic heterocycles. The van der Waals surface area contributed by atoms with Crippen LogP contribution in [0, 0.1) is 6.92 Å². The summed E-state index contributed by atoms with van der Waals surface area (Å²) in [6.07, 6.45) is 0. The summed E-state index contributed by atoms with van der Waals surface area (Å²) >= 11 is 3.68. The number of rotatable bonds is 1. The quantitative estimate of drug-likeness (QED) is 0.239. The van der Waals surface area contributed by atoms with Gasteiger partial charge in [-0.3, -0.25) is 0 Å². The Labute approximate surface area is 186 Å². The van der Waals surface area contributed by atoms with Gasteiger partial charge >= 0.3 is 5.89 Å². The lowest BCUT2D eigenvalue weighted by atomic mass is 10.0. The first-order valence-corrected chi connectivity index (χ1v) is 12.0. The molecule has 7 rings (SSSR count). The number of benzene rings is 4. The summed E-state index contributed by atoms with van der Waals surface area (Å²) in [5, 5.41) is 5.11. The van der Waals surface area contributed by atoms with E-state index in [0.29, 0.717) is 0 Å². The second kappa shape index (κ2) is 6.16. The molecule has 4 aromatic carbocycles. The number of nitrogens with zero attached hydrogens (tertiary/aromatic N) is 1. The molecule has 0 radical (unpaired) electrons. The van der Waals surface area contributed by atoms with Crippen LogP contribution in [-0.4, -0.2) is 0 Å². The number of fused-ring (bicyclic) bond motifs is 8. The van der Waals surface area contributed by atoms with Gasteiger partial charge in [0.05, 0.1) is 10.1 Å². The molecule has 0 saturated carbocycles. The highest BCUT2D eigenvalue weighted by Gasteiger charge is 2.28. The normalized spacial score (nSPS) is 12.2. The number of hydrogen-bond acceptors (Lipinski definition) is 3. The zero-order valence-corrected chi connectivity index (χ0v) is 18.7. The fraction of sp³-hybridized carbons (Fsp3) is 0.0741. The molecule has 0 bridgehead atoms. The third-order valence-electron chi connectivity index (χ3n) is 6.31. The van der Waals surface area contributed by atoms with Crippen LogP contribution in [0.3, 0.4) is 0 Å². The van der Waals surface area contributed by atoms with Crippen molar-refractivity contribution in [3.63, 3.8) is 0 Å². The average molecular weight is 437 g/mol. The third-order valence-corrected chi connectivity index (χ3v) is 8.65. The van der Waals surface area contributed by atoms with Gasteiger partial charge in [0.1, 0.15) is 12.6 Å². The maximum Gasteiger partial charge on any atom is 0.383 e. The standard InChI is InChI=1S/C27H18NOS2/c1-15-11-12-17-16-7-3-5-9-20(16)31-26(17)23(15)27-28(2)19-13-14-22-24(25(19)29-27)18-8-4-6-10-21(18)30-22/h3-14H,1-2H3/q+1. The van der Waals surface area contributed by atoms with Crippen molar-refractivity contribution in [2.45, 2.75) is 6.92 Å². The number of aryl methyl sites for hydroxylation is 2. The van der Waals surface area contributed by atoms with Crippen molar-refractivity contribution in [3.05, 3.63) is 78.4 Å². The molecule has 0 aliphatic carbocycles. The largest absolute Gasteiger partial charge is 0.397 e. The van der Waals surface area contributed by atoms with Gasteiger partial charge in [-0.2, -0.15) is 4.57 Å². The van der Waals surface area contributed by atoms with Gasteiger partial charge in [0, 0.05) is 36.3 Å². The van der Waals surface area contributed by atoms with Crippen LogP contribution in [0.2, 0.25) is 0 Å². The second-order valence-electron chi connectivity index (χ2n) is 8.08. The minimum atomic E-state index is 0.924. The van der Waals surface area contributed by atoms with Crippen molar-refractivity contribution in [2.75, 3.05) is 0 Å². The second-order valence-corrected chi connectivity index (χ2v) is 10.2. The summed E-state index contributed by atoms with van der Waals surface area (Å²) in [5.74, 6) is 0.924. The van der Waals surface area contributed by atoms with E-state index in [2.05, 4.69) is 91.3 Å². The molecule has 3 aromatic heterocycles. The van der Waals surface area contributed by atoms with Gasteiger partial charge in [0.2, 0.25) is 5.58 Å². The molecule has 4 heteroatoms. The van der Waals surface area contributed by atoms with Crippen molar-refractivity contribution in [2.24, 2.45) is 7.05 Å². The van der Waals surface area contributed by atoms with Crippen molar-refractivity contribution >= 4 is 74.1 Å². The maximum absolute atomic E-state index is 6.73. The van der Waals surface area contributed by atoms with Gasteiger partial charge in [-0.25, -0.2) is 0 Å². The lowest BCUT2D eigenvalue weighted by Gasteiger charge is -2.01. The molecule has 0 N–H and O–H groups in total. The summed E-state index contributed by atoms with van der Waals surface area (Å²) < 4.78 is 14.1. The number of hydrogen-bond donors (Lipinski definition) is 0. The fourth-order valence-electron chi connectivity index (χ4n) is 4.79. The maximum atomic E-state index is 6.73. The van der Waals surface area contributed by atoms with Gasteiger partial charge in [0.15, 0.2) is 0 Å². The summed E-state index contributed by atoms with van der Waals surface area (Å²) in [5.41, 5.74) is 4.54. The zero-order valence-electron chi connectivity index (χ0n) is 17.1. The lowest BCUT2D eigenvalue weighted by molar-refractivity contribution is -0.637. The molecule has 31 heavy (non-hydrogen) atoms. The minimum absolute atomic E-state index is 0.924. The zero-order chi connectivity index (χ0) is 20.7. The Kier molecular flexibility index (Phi) is 3.47. The molecular weight excluding hydrogens is 418 g/mol. The lowest BCUT2D eigenvalue weighted by Crippen LogP contribution is -2.28. The van der Waals surface area contributed by atoms with E-state index in [9.17, 15) is 0 Å². The molecule has 0 atom stereocenters. The van der Waals surface area contributed by atoms with E-state index in [0.717, 1.165) is 17.0 Å². The van der Waals surface area contributed by atoms with E-state index in [-0.39, 0.29) is 0 Å². The van der Waals surface area contributed by atoms with Crippen LogP contribution in [0.5, 0.6) is 0 Å². The first-order chi connectivity index (χ1) is 15.2. The number of aromatic nitrogens is 1. The highest BCUT2D eigenvalue weighted by atomic mass is 32.1. The monoisotopic (exact) mass is 436 g/mol. The van der Waals surface area contributed by atoms with Crippen LogP contribution in [0.4, 0.5) is 0 Å². The van der Waals surface area contributed by atoms with Gasteiger partial charge in [0.25, 0.3) is 5.52 Å². The predicted octanol–water partition coefficient (Wildman–Crippen LogP) is 7.97. The smallest absolute Gasteiger partial charge is 0.383 e. The van der Waals surface area contributed by atoms with Crippen LogP contribution >= 0.6 is 22.7 Å². The Hall–Kier alpha value is -3.21. The molecule has 0 saturated heterocycles. The van der Waals surface area contributed by atoms with E-state index in [1.165, 1.54) is 51.5 Å². The topological polar surface area (TPSA) is 17.0 Å². The number of thiophene rings is 2. The summed E-state index contributed by atoms with van der Waals surface area (Å²) in [7, 11) is 2.12. The number of oxazole rings is 1. The van der Waals surface area contributed by atoms with E-state index >= 15 is 0 Å². The van der Waals surface area contributed by atoms with Crippen molar-refractivity contribution < 1.29 is 8.98 Å². The molecule has 7 aromatic rings. The van der Waals surface area contributed by atoms with Crippen molar-refractivity contribution in [1.82, 2.24) is 0 Å². The van der Waals surface area contributed by atoms with Gasteiger partial charge in [-0.1, -0.05) is 48.5 Å². The van der Waals surface area contributed by atoms with Gasteiger partial charge in [-0.15, -0.1) is 22.7 Å². The first kappa shape index (κ1) is 17.5. The van der Waals surface area contributed by atoms with E-state index in [1.54, 1.807) is 0 Å². The molecule has 148 valence electrons. The van der Waals surface area contributed by atoms with Crippen LogP contribution in [0.1, 0.15) is 5.56 Å². The summed E-state index contributed by atoms with van der Waals surface area (Å²) in [6.45, 7) is 2.18. The van der Waals surface area contributed by atoms with Crippen LogP contribution in [0.15, 0.2) is 77.2 Å². The van der Waals surface area contributed by atoms with Crippen LogP contribution in [0.25, 0.3) is 62.9 Å². The molecule has 0 fully saturated rings. The summed E-state index contributed by atoms with van der Waals surface area (Å²) in [6, 6.07) is 26.2. The molecule has 3 heterocycles. The molecule has 0 aliphatic rings. The SMILES string of the molecule is Cc1ccc2c(sc3ccccc32)c1-c1oc2c3c(ccc2[n+]1C)sc1ccccc13. The third kappa shape index (κ3) is 2.29. The molecule has 0 unspecified atom stereocenters. The Morgan fingerprint density at radius 1 is 0.710 bits per heavy atom. The Bertz CT molecular complexity index is 1820. The molecular formula is C27H18NOS2+. The molecule has 2 nitrogen and oxygen atoms in total. The fourth-order valence-corrected chi connectivity index (χ4v) is 7.19. The van der Waals surface area contributed by atoms with Gasteiger partial charge < -0.3 is 4.42 Å². The highest BCUT2D eigenvalue weighted by molar-refractivity contribution is 7.26. The van der Waals surface area contributed by atoms with Crippen LogP contribution < -0.4 is 4.57 Å². The average Bonchev–Trinajstić information content (AvgIpc) is 3.45. The molecule has 0 spiro atoms. The highest BCUT2D eigenvalue weighted by Crippen LogP contribution is 2.43. The van der Waals surface area contributed by atoms with Crippen LogP contribution in [-0.2, 0) is 7.05 Å². The predicted molar refractivity (Wildman–Crippen MR) is 133 cm³/mol. The summed E-state index contributed by atoms with van der Waals surface area (Å²) in [4.78, 5) is 0. The van der Waals surface area contributed by atoms with E-state index in [4.69, 9.17) is 4.42 Å². The van der Waals surface area contributed by atoms with E-state index < -0.39 is 0 Å². The van der Waals surface area contributed by atoms with Crippen molar-refractivity contribution in [1.29, 1.82) is 0 Å². The first-order valence-electron chi connectivity index (χ1n) is 10.3. The van der Waals surface area contributed by atoms with E-state index in [1.807, 2.05) is 22.7 Å². The van der Waals surface area contributed by atoms with Crippen molar-refractivity contribution in [3.8, 4) is 11.5 Å².